The number of pyridine rings is 1. The molecule has 1 aromatic heterocycles. The molecule has 0 aliphatic rings. The first-order chi connectivity index (χ1) is 6.99. The fourth-order valence-corrected chi connectivity index (χ4v) is 1.58. The van der Waals surface area contributed by atoms with Crippen LogP contribution >= 0.6 is 0 Å². The Morgan fingerprint density at radius 1 is 1.20 bits per heavy atom. The van der Waals surface area contributed by atoms with E-state index < -0.39 is 0 Å². The summed E-state index contributed by atoms with van der Waals surface area (Å²) in [7, 11) is 0. The number of aromatic nitrogens is 1. The third-order valence-electron chi connectivity index (χ3n) is 2.47. The van der Waals surface area contributed by atoms with E-state index in [-0.39, 0.29) is 5.56 Å². The number of nitrogens with zero attached hydrogens (tertiary/aromatic N) is 1. The highest BCUT2D eigenvalue weighted by atomic mass is 16.1. The number of rotatable bonds is 4. The zero-order chi connectivity index (χ0) is 11.3. The second-order valence-electron chi connectivity index (χ2n) is 5.25. The van der Waals surface area contributed by atoms with Crippen LogP contribution in [0.25, 0.3) is 0 Å². The zero-order valence-corrected chi connectivity index (χ0v) is 9.99. The Morgan fingerprint density at radius 3 is 2.53 bits per heavy atom. The maximum atomic E-state index is 11.4. The van der Waals surface area contributed by atoms with Gasteiger partial charge in [-0.05, 0) is 24.3 Å². The molecular weight excluding hydrogens is 186 g/mol. The minimum Gasteiger partial charge on any atom is -0.316 e. The van der Waals surface area contributed by atoms with Crippen molar-refractivity contribution in [2.45, 2.75) is 46.6 Å². The van der Waals surface area contributed by atoms with E-state index in [2.05, 4.69) is 20.8 Å². The van der Waals surface area contributed by atoms with Crippen LogP contribution in [0.1, 0.15) is 40.0 Å². The molecule has 0 N–H and O–H groups in total. The molecule has 15 heavy (non-hydrogen) atoms. The van der Waals surface area contributed by atoms with Crippen molar-refractivity contribution in [2.75, 3.05) is 0 Å². The third kappa shape index (κ3) is 4.82. The topological polar surface area (TPSA) is 22.0 Å². The molecule has 0 saturated carbocycles. The van der Waals surface area contributed by atoms with Gasteiger partial charge in [-0.2, -0.15) is 0 Å². The molecule has 1 rings (SSSR count). The number of aryl methyl sites for hydroxylation is 1. The van der Waals surface area contributed by atoms with Crippen molar-refractivity contribution in [2.24, 2.45) is 5.41 Å². The lowest BCUT2D eigenvalue weighted by Crippen LogP contribution is -2.17. The molecule has 84 valence electrons. The van der Waals surface area contributed by atoms with Crippen molar-refractivity contribution in [3.63, 3.8) is 0 Å². The Balaban J connectivity index is 2.33. The summed E-state index contributed by atoms with van der Waals surface area (Å²) in [4.78, 5) is 11.4. The fraction of sp³-hybridized carbons (Fsp3) is 0.615. The molecule has 0 aliphatic carbocycles. The van der Waals surface area contributed by atoms with Crippen LogP contribution in [0.3, 0.4) is 0 Å². The van der Waals surface area contributed by atoms with Crippen molar-refractivity contribution in [3.05, 3.63) is 34.7 Å². The molecule has 0 fully saturated rings. The van der Waals surface area contributed by atoms with Gasteiger partial charge in [0.15, 0.2) is 0 Å². The normalized spacial score (nSPS) is 11.7. The molecule has 0 spiro atoms. The Labute approximate surface area is 91.9 Å². The van der Waals surface area contributed by atoms with Crippen molar-refractivity contribution in [1.82, 2.24) is 4.57 Å². The van der Waals surface area contributed by atoms with E-state index in [4.69, 9.17) is 0 Å². The first-order valence-electron chi connectivity index (χ1n) is 5.64. The Hall–Kier alpha value is -1.05. The van der Waals surface area contributed by atoms with Gasteiger partial charge >= 0.3 is 0 Å². The van der Waals surface area contributed by atoms with E-state index in [0.29, 0.717) is 5.41 Å². The summed E-state index contributed by atoms with van der Waals surface area (Å²) in [5, 5.41) is 0. The molecule has 1 aromatic rings. The third-order valence-corrected chi connectivity index (χ3v) is 2.47. The highest BCUT2D eigenvalue weighted by molar-refractivity contribution is 4.92. The van der Waals surface area contributed by atoms with Gasteiger partial charge in [0.05, 0.1) is 0 Å². The van der Waals surface area contributed by atoms with Crippen LogP contribution in [-0.4, -0.2) is 4.57 Å². The summed E-state index contributed by atoms with van der Waals surface area (Å²) in [6.07, 6.45) is 5.35. The lowest BCUT2D eigenvalue weighted by molar-refractivity contribution is 0.354. The standard InChI is InChI=1S/C13H21NO/c1-13(2,3)9-5-7-11-14-10-6-4-8-12(14)15/h4,6,8,10H,5,7,9,11H2,1-3H3. The number of hydrogen-bond acceptors (Lipinski definition) is 1. The molecule has 0 bridgehead atoms. The van der Waals surface area contributed by atoms with Gasteiger partial charge in [0.2, 0.25) is 5.56 Å². The van der Waals surface area contributed by atoms with Crippen LogP contribution in [0, 0.1) is 5.41 Å². The van der Waals surface area contributed by atoms with Gasteiger partial charge in [-0.3, -0.25) is 4.79 Å². The average molecular weight is 207 g/mol. The zero-order valence-electron chi connectivity index (χ0n) is 9.99. The summed E-state index contributed by atoms with van der Waals surface area (Å²) in [6.45, 7) is 7.60. The second kappa shape index (κ2) is 5.15. The molecule has 0 radical (unpaired) electrons. The number of hydrogen-bond donors (Lipinski definition) is 0. The highest BCUT2D eigenvalue weighted by Crippen LogP contribution is 2.21. The van der Waals surface area contributed by atoms with Crippen LogP contribution in [0.15, 0.2) is 29.2 Å². The van der Waals surface area contributed by atoms with Gasteiger partial charge in [-0.1, -0.05) is 33.3 Å². The van der Waals surface area contributed by atoms with Gasteiger partial charge in [0, 0.05) is 18.8 Å². The summed E-state index contributed by atoms with van der Waals surface area (Å²) in [5.41, 5.74) is 0.509. The van der Waals surface area contributed by atoms with E-state index in [9.17, 15) is 4.79 Å². The minimum atomic E-state index is 0.105. The van der Waals surface area contributed by atoms with E-state index >= 15 is 0 Å². The van der Waals surface area contributed by atoms with E-state index in [1.54, 1.807) is 16.7 Å². The van der Waals surface area contributed by atoms with Crippen LogP contribution in [0.4, 0.5) is 0 Å². The summed E-state index contributed by atoms with van der Waals surface area (Å²) in [6, 6.07) is 5.31. The lowest BCUT2D eigenvalue weighted by atomic mass is 9.90. The Bertz CT molecular complexity index is 346. The second-order valence-corrected chi connectivity index (χ2v) is 5.25. The van der Waals surface area contributed by atoms with Crippen LogP contribution in [-0.2, 0) is 6.54 Å². The predicted octanol–water partition coefficient (Wildman–Crippen LogP) is 3.06. The summed E-state index contributed by atoms with van der Waals surface area (Å²) < 4.78 is 1.78. The minimum absolute atomic E-state index is 0.105. The molecule has 0 aromatic carbocycles. The monoisotopic (exact) mass is 207 g/mol. The Morgan fingerprint density at radius 2 is 1.93 bits per heavy atom. The van der Waals surface area contributed by atoms with Gasteiger partial charge in [0.25, 0.3) is 0 Å². The van der Waals surface area contributed by atoms with Crippen molar-refractivity contribution in [3.8, 4) is 0 Å². The molecule has 1 heterocycles. The van der Waals surface area contributed by atoms with E-state index in [0.717, 1.165) is 13.0 Å². The summed E-state index contributed by atoms with van der Waals surface area (Å²) in [5.74, 6) is 0. The van der Waals surface area contributed by atoms with Crippen LogP contribution in [0.2, 0.25) is 0 Å². The maximum absolute atomic E-state index is 11.4. The van der Waals surface area contributed by atoms with Gasteiger partial charge in [-0.15, -0.1) is 0 Å². The van der Waals surface area contributed by atoms with Crippen molar-refractivity contribution in [1.29, 1.82) is 0 Å². The van der Waals surface area contributed by atoms with Gasteiger partial charge < -0.3 is 4.57 Å². The fourth-order valence-electron chi connectivity index (χ4n) is 1.58. The van der Waals surface area contributed by atoms with E-state index in [1.807, 2.05) is 12.3 Å². The van der Waals surface area contributed by atoms with Crippen LogP contribution < -0.4 is 5.56 Å². The van der Waals surface area contributed by atoms with Crippen molar-refractivity contribution >= 4 is 0 Å². The highest BCUT2D eigenvalue weighted by Gasteiger charge is 2.08. The molecular formula is C13H21NO. The van der Waals surface area contributed by atoms with Crippen molar-refractivity contribution < 1.29 is 0 Å². The number of unbranched alkanes of at least 4 members (excludes halogenated alkanes) is 1. The summed E-state index contributed by atoms with van der Waals surface area (Å²) >= 11 is 0. The first-order valence-corrected chi connectivity index (χ1v) is 5.64. The quantitative estimate of drug-likeness (QED) is 0.695. The largest absolute Gasteiger partial charge is 0.316 e. The maximum Gasteiger partial charge on any atom is 0.250 e. The van der Waals surface area contributed by atoms with E-state index in [1.165, 1.54) is 12.8 Å². The predicted molar refractivity (Wildman–Crippen MR) is 64.0 cm³/mol. The molecule has 2 nitrogen and oxygen atoms in total. The Kier molecular flexibility index (Phi) is 4.13. The smallest absolute Gasteiger partial charge is 0.250 e. The van der Waals surface area contributed by atoms with Crippen LogP contribution in [0.5, 0.6) is 0 Å². The molecule has 2 heteroatoms. The molecule has 0 unspecified atom stereocenters. The van der Waals surface area contributed by atoms with Gasteiger partial charge in [-0.25, -0.2) is 0 Å². The SMILES string of the molecule is CC(C)(C)CCCCn1ccccc1=O. The molecule has 0 atom stereocenters. The van der Waals surface area contributed by atoms with Gasteiger partial charge in [0.1, 0.15) is 0 Å². The molecule has 0 aliphatic heterocycles. The lowest BCUT2D eigenvalue weighted by Gasteiger charge is -2.17. The average Bonchev–Trinajstić information content (AvgIpc) is 2.13. The molecule has 0 amide bonds. The first kappa shape index (κ1) is 12.0. The molecule has 0 saturated heterocycles.